The fraction of sp³-hybridized carbons (Fsp3) is 0.111. The van der Waals surface area contributed by atoms with Crippen molar-refractivity contribution in [1.29, 1.82) is 0 Å². The maximum atomic E-state index is 11.7. The number of hydrogen-bond donors (Lipinski definition) is 0. The molecule has 12 heavy (non-hydrogen) atoms. The first-order chi connectivity index (χ1) is 5.70. The van der Waals surface area contributed by atoms with Crippen LogP contribution in [0.4, 0.5) is 8.78 Å². The monoisotopic (exact) mass is 172 g/mol. The highest BCUT2D eigenvalue weighted by Crippen LogP contribution is 2.06. The summed E-state index contributed by atoms with van der Waals surface area (Å²) in [4.78, 5) is 0. The van der Waals surface area contributed by atoms with Crippen LogP contribution in [0.25, 0.3) is 0 Å². The molecule has 0 aliphatic rings. The summed E-state index contributed by atoms with van der Waals surface area (Å²) >= 11 is 0. The highest BCUT2D eigenvalue weighted by molar-refractivity contribution is 5.19. The van der Waals surface area contributed by atoms with Crippen LogP contribution < -0.4 is 0 Å². The van der Waals surface area contributed by atoms with E-state index in [-0.39, 0.29) is 5.76 Å². The minimum atomic E-state index is -2.81. The van der Waals surface area contributed by atoms with E-state index in [1.54, 1.807) is 0 Å². The zero-order chi connectivity index (χ0) is 9.40. The van der Waals surface area contributed by atoms with E-state index >= 15 is 0 Å². The van der Waals surface area contributed by atoms with Gasteiger partial charge in [-0.2, -0.15) is 8.78 Å². The Balaban J connectivity index is 4.23. The standard InChI is InChI=1S/C9H10F2O/c1-3-5-7-8(6-4-2)12-9(10)11/h3-7,9H,1-2H2. The van der Waals surface area contributed by atoms with Crippen LogP contribution in [0, 0.1) is 0 Å². The minimum Gasteiger partial charge on any atom is -0.435 e. The number of halogens is 2. The minimum absolute atomic E-state index is 0.0555. The molecule has 0 bridgehead atoms. The Morgan fingerprint density at radius 2 is 1.92 bits per heavy atom. The van der Waals surface area contributed by atoms with Crippen molar-refractivity contribution in [1.82, 2.24) is 0 Å². The SMILES string of the molecule is C=CC=CC(=CC=C)OC(F)F. The fourth-order valence-electron chi connectivity index (χ4n) is 0.516. The van der Waals surface area contributed by atoms with Gasteiger partial charge < -0.3 is 4.74 Å². The summed E-state index contributed by atoms with van der Waals surface area (Å²) in [6.45, 7) is 3.93. The summed E-state index contributed by atoms with van der Waals surface area (Å²) in [6.07, 6.45) is 7.04. The van der Waals surface area contributed by atoms with Crippen LogP contribution in [-0.4, -0.2) is 6.61 Å². The Hall–Kier alpha value is -1.38. The van der Waals surface area contributed by atoms with Crippen molar-refractivity contribution in [3.05, 3.63) is 49.3 Å². The third-order valence-corrected chi connectivity index (χ3v) is 0.904. The molecule has 1 nitrogen and oxygen atoms in total. The highest BCUT2D eigenvalue weighted by Gasteiger charge is 2.02. The smallest absolute Gasteiger partial charge is 0.387 e. The molecule has 0 rings (SSSR count). The van der Waals surface area contributed by atoms with E-state index in [1.807, 2.05) is 0 Å². The quantitative estimate of drug-likeness (QED) is 0.457. The van der Waals surface area contributed by atoms with Crippen molar-refractivity contribution in [3.8, 4) is 0 Å². The van der Waals surface area contributed by atoms with Gasteiger partial charge in [0, 0.05) is 0 Å². The van der Waals surface area contributed by atoms with Gasteiger partial charge in [-0.15, -0.1) is 0 Å². The lowest BCUT2D eigenvalue weighted by atomic mass is 10.4. The molecule has 66 valence electrons. The second-order valence-electron chi connectivity index (χ2n) is 1.78. The summed E-state index contributed by atoms with van der Waals surface area (Å²) < 4.78 is 27.5. The normalized spacial score (nSPS) is 12.1. The predicted molar refractivity (Wildman–Crippen MR) is 44.7 cm³/mol. The molecule has 0 amide bonds. The Kier molecular flexibility index (Phi) is 5.61. The molecule has 0 atom stereocenters. The van der Waals surface area contributed by atoms with Crippen LogP contribution in [0.3, 0.4) is 0 Å². The Morgan fingerprint density at radius 3 is 2.33 bits per heavy atom. The predicted octanol–water partition coefficient (Wildman–Crippen LogP) is 3.04. The van der Waals surface area contributed by atoms with E-state index in [0.29, 0.717) is 0 Å². The fourth-order valence-corrected chi connectivity index (χ4v) is 0.516. The second-order valence-corrected chi connectivity index (χ2v) is 1.78. The molecule has 0 aliphatic heterocycles. The molecule has 0 spiro atoms. The molecule has 0 saturated carbocycles. The van der Waals surface area contributed by atoms with E-state index in [2.05, 4.69) is 17.9 Å². The van der Waals surface area contributed by atoms with E-state index in [4.69, 9.17) is 0 Å². The second kappa shape index (κ2) is 6.34. The van der Waals surface area contributed by atoms with Gasteiger partial charge in [0.05, 0.1) is 0 Å². The number of hydrogen-bond acceptors (Lipinski definition) is 1. The van der Waals surface area contributed by atoms with Crippen LogP contribution in [0.15, 0.2) is 49.3 Å². The molecular weight excluding hydrogens is 162 g/mol. The van der Waals surface area contributed by atoms with Gasteiger partial charge in [-0.25, -0.2) is 0 Å². The molecule has 0 aliphatic carbocycles. The average Bonchev–Trinajstić information content (AvgIpc) is 2.00. The lowest BCUT2D eigenvalue weighted by molar-refractivity contribution is -0.0919. The zero-order valence-corrected chi connectivity index (χ0v) is 6.54. The lowest BCUT2D eigenvalue weighted by Crippen LogP contribution is -1.96. The van der Waals surface area contributed by atoms with Crippen molar-refractivity contribution in [2.45, 2.75) is 6.61 Å². The summed E-state index contributed by atoms with van der Waals surface area (Å²) in [6, 6.07) is 0. The number of rotatable bonds is 5. The summed E-state index contributed by atoms with van der Waals surface area (Å²) in [7, 11) is 0. The van der Waals surface area contributed by atoms with Crippen molar-refractivity contribution in [2.75, 3.05) is 0 Å². The molecule has 0 aromatic rings. The third-order valence-electron chi connectivity index (χ3n) is 0.904. The Bertz CT molecular complexity index is 205. The molecule has 0 unspecified atom stereocenters. The van der Waals surface area contributed by atoms with Gasteiger partial charge in [-0.05, 0) is 12.2 Å². The van der Waals surface area contributed by atoms with Gasteiger partial charge in [0.15, 0.2) is 0 Å². The zero-order valence-electron chi connectivity index (χ0n) is 6.54. The van der Waals surface area contributed by atoms with Gasteiger partial charge in [0.2, 0.25) is 0 Å². The Labute approximate surface area is 70.3 Å². The first kappa shape index (κ1) is 10.6. The molecule has 0 aromatic heterocycles. The summed E-state index contributed by atoms with van der Waals surface area (Å²) in [5, 5.41) is 0. The Morgan fingerprint density at radius 1 is 1.25 bits per heavy atom. The van der Waals surface area contributed by atoms with Gasteiger partial charge >= 0.3 is 6.61 Å². The van der Waals surface area contributed by atoms with Gasteiger partial charge in [0.1, 0.15) is 5.76 Å². The molecular formula is C9H10F2O. The summed E-state index contributed by atoms with van der Waals surface area (Å²) in [5.41, 5.74) is 0. The van der Waals surface area contributed by atoms with Crippen LogP contribution in [0.2, 0.25) is 0 Å². The first-order valence-electron chi connectivity index (χ1n) is 3.27. The molecule has 0 heterocycles. The molecule has 0 radical (unpaired) electrons. The molecule has 0 aromatic carbocycles. The van der Waals surface area contributed by atoms with Gasteiger partial charge in [-0.3, -0.25) is 0 Å². The largest absolute Gasteiger partial charge is 0.435 e. The highest BCUT2D eigenvalue weighted by atomic mass is 19.3. The third kappa shape index (κ3) is 5.41. The molecule has 0 N–H and O–H groups in total. The van der Waals surface area contributed by atoms with Crippen LogP contribution in [0.5, 0.6) is 0 Å². The van der Waals surface area contributed by atoms with Crippen molar-refractivity contribution in [3.63, 3.8) is 0 Å². The number of alkyl halides is 2. The van der Waals surface area contributed by atoms with E-state index < -0.39 is 6.61 Å². The maximum Gasteiger partial charge on any atom is 0.387 e. The van der Waals surface area contributed by atoms with Gasteiger partial charge in [-0.1, -0.05) is 31.4 Å². The van der Waals surface area contributed by atoms with Crippen molar-refractivity contribution >= 4 is 0 Å². The van der Waals surface area contributed by atoms with Crippen molar-refractivity contribution < 1.29 is 13.5 Å². The van der Waals surface area contributed by atoms with Crippen LogP contribution in [0.1, 0.15) is 0 Å². The topological polar surface area (TPSA) is 9.23 Å². The molecule has 3 heteroatoms. The van der Waals surface area contributed by atoms with Crippen molar-refractivity contribution in [2.24, 2.45) is 0 Å². The van der Waals surface area contributed by atoms with E-state index in [0.717, 1.165) is 0 Å². The number of ether oxygens (including phenoxy) is 1. The maximum absolute atomic E-state index is 11.7. The van der Waals surface area contributed by atoms with Crippen LogP contribution >= 0.6 is 0 Å². The molecule has 0 saturated heterocycles. The van der Waals surface area contributed by atoms with E-state index in [1.165, 1.54) is 30.4 Å². The molecule has 0 fully saturated rings. The first-order valence-corrected chi connectivity index (χ1v) is 3.27. The van der Waals surface area contributed by atoms with Gasteiger partial charge in [0.25, 0.3) is 0 Å². The van der Waals surface area contributed by atoms with E-state index in [9.17, 15) is 8.78 Å². The average molecular weight is 172 g/mol. The van der Waals surface area contributed by atoms with Crippen LogP contribution in [-0.2, 0) is 4.74 Å². The number of allylic oxidation sites excluding steroid dienone is 5. The lowest BCUT2D eigenvalue weighted by Gasteiger charge is -2.02. The summed E-state index contributed by atoms with van der Waals surface area (Å²) in [5.74, 6) is 0.0555.